The van der Waals surface area contributed by atoms with Crippen LogP contribution in [0.25, 0.3) is 0 Å². The topological polar surface area (TPSA) is 68.0 Å². The highest BCUT2D eigenvalue weighted by Crippen LogP contribution is 2.27. The van der Waals surface area contributed by atoms with Crippen LogP contribution < -0.4 is 11.1 Å². The summed E-state index contributed by atoms with van der Waals surface area (Å²) >= 11 is 1.87. The zero-order chi connectivity index (χ0) is 16.1. The number of aromatic nitrogens is 1. The summed E-state index contributed by atoms with van der Waals surface area (Å²) in [5, 5.41) is 4.50. The number of fused-ring (bicyclic) bond motifs is 1. The zero-order valence-corrected chi connectivity index (χ0v) is 14.1. The normalized spacial score (nSPS) is 15.1. The quantitative estimate of drug-likeness (QED) is 0.768. The third-order valence-corrected chi connectivity index (χ3v) is 5.44. The van der Waals surface area contributed by atoms with Crippen molar-refractivity contribution in [2.45, 2.75) is 44.6 Å². The minimum atomic E-state index is -0.416. The molecule has 4 nitrogen and oxygen atoms in total. The van der Waals surface area contributed by atoms with E-state index in [-0.39, 0.29) is 5.91 Å². The monoisotopic (exact) mass is 329 g/mol. The van der Waals surface area contributed by atoms with E-state index in [0.717, 1.165) is 31.4 Å². The van der Waals surface area contributed by atoms with Gasteiger partial charge in [0, 0.05) is 11.3 Å². The Hall–Kier alpha value is -1.72. The molecule has 2 aromatic rings. The number of nitrogens with two attached hydrogens (primary N) is 1. The molecular formula is C18H23N3OS. The Morgan fingerprint density at radius 1 is 1.26 bits per heavy atom. The summed E-state index contributed by atoms with van der Waals surface area (Å²) in [6.45, 7) is 0.757. The summed E-state index contributed by atoms with van der Waals surface area (Å²) in [5.41, 5.74) is 7.76. The summed E-state index contributed by atoms with van der Waals surface area (Å²) < 4.78 is 0. The molecule has 1 aromatic carbocycles. The molecule has 3 N–H and O–H groups in total. The minimum Gasteiger partial charge on any atom is -0.368 e. The summed E-state index contributed by atoms with van der Waals surface area (Å²) in [6.07, 6.45) is 6.83. The average molecular weight is 329 g/mol. The molecule has 1 aliphatic carbocycles. The number of carbonyl (C=O) groups is 1. The largest absolute Gasteiger partial charge is 0.368 e. The number of nitrogens with one attached hydrogen (secondary N) is 1. The van der Waals surface area contributed by atoms with Crippen LogP contribution in [-0.2, 0) is 24.1 Å². The molecule has 0 saturated carbocycles. The van der Waals surface area contributed by atoms with Gasteiger partial charge in [0.2, 0.25) is 5.91 Å². The van der Waals surface area contributed by atoms with Crippen molar-refractivity contribution in [2.24, 2.45) is 5.73 Å². The highest BCUT2D eigenvalue weighted by Gasteiger charge is 2.17. The molecule has 0 fully saturated rings. The molecule has 1 aromatic heterocycles. The summed E-state index contributed by atoms with van der Waals surface area (Å²) in [7, 11) is 0. The van der Waals surface area contributed by atoms with Gasteiger partial charge < -0.3 is 11.1 Å². The van der Waals surface area contributed by atoms with Crippen LogP contribution in [0.5, 0.6) is 0 Å². The fourth-order valence-corrected chi connectivity index (χ4v) is 4.23. The van der Waals surface area contributed by atoms with E-state index in [2.05, 4.69) is 5.32 Å². The van der Waals surface area contributed by atoms with Crippen LogP contribution in [-0.4, -0.2) is 17.4 Å². The summed E-state index contributed by atoms with van der Waals surface area (Å²) in [5.74, 6) is -0.332. The molecule has 1 aliphatic rings. The Bertz CT molecular complexity index is 630. The molecule has 0 bridgehead atoms. The van der Waals surface area contributed by atoms with Crippen molar-refractivity contribution in [1.29, 1.82) is 0 Å². The number of hydrogen-bond acceptors (Lipinski definition) is 4. The number of nitrogens with zero attached hydrogens (tertiary/aromatic N) is 1. The number of amides is 1. The molecule has 0 radical (unpaired) electrons. The number of aryl methyl sites for hydroxylation is 3. The van der Waals surface area contributed by atoms with Gasteiger partial charge in [-0.25, -0.2) is 4.98 Å². The third kappa shape index (κ3) is 4.18. The van der Waals surface area contributed by atoms with Crippen molar-refractivity contribution in [2.75, 3.05) is 6.54 Å². The SMILES string of the molecule is NC(=O)[C@H](NCCCc1nc2c(s1)CCCC2)c1ccccc1. The van der Waals surface area contributed by atoms with Crippen molar-refractivity contribution in [1.82, 2.24) is 10.3 Å². The van der Waals surface area contributed by atoms with Crippen LogP contribution in [0.15, 0.2) is 30.3 Å². The van der Waals surface area contributed by atoms with E-state index >= 15 is 0 Å². The van der Waals surface area contributed by atoms with Gasteiger partial charge in [-0.05, 0) is 44.2 Å². The molecule has 3 rings (SSSR count). The molecule has 1 atom stereocenters. The van der Waals surface area contributed by atoms with Crippen LogP contribution >= 0.6 is 11.3 Å². The lowest BCUT2D eigenvalue weighted by molar-refractivity contribution is -0.120. The zero-order valence-electron chi connectivity index (χ0n) is 13.3. The molecule has 23 heavy (non-hydrogen) atoms. The Morgan fingerprint density at radius 2 is 2.04 bits per heavy atom. The molecule has 0 saturated heterocycles. The number of rotatable bonds is 7. The van der Waals surface area contributed by atoms with E-state index in [1.807, 2.05) is 41.7 Å². The maximum Gasteiger partial charge on any atom is 0.239 e. The maximum absolute atomic E-state index is 11.6. The van der Waals surface area contributed by atoms with Gasteiger partial charge in [0.05, 0.1) is 10.7 Å². The van der Waals surface area contributed by atoms with E-state index in [1.165, 1.54) is 34.8 Å². The van der Waals surface area contributed by atoms with Gasteiger partial charge in [-0.2, -0.15) is 0 Å². The van der Waals surface area contributed by atoms with E-state index in [1.54, 1.807) is 0 Å². The van der Waals surface area contributed by atoms with Crippen LogP contribution in [0, 0.1) is 0 Å². The number of hydrogen-bond donors (Lipinski definition) is 2. The van der Waals surface area contributed by atoms with Crippen molar-refractivity contribution in [3.63, 3.8) is 0 Å². The van der Waals surface area contributed by atoms with Gasteiger partial charge in [0.15, 0.2) is 0 Å². The minimum absolute atomic E-state index is 0.332. The first-order valence-electron chi connectivity index (χ1n) is 8.29. The lowest BCUT2D eigenvalue weighted by Gasteiger charge is -2.15. The second kappa shape index (κ2) is 7.70. The fourth-order valence-electron chi connectivity index (χ4n) is 3.03. The lowest BCUT2D eigenvalue weighted by Crippen LogP contribution is -2.34. The van der Waals surface area contributed by atoms with Crippen molar-refractivity contribution >= 4 is 17.2 Å². The lowest BCUT2D eigenvalue weighted by atomic mass is 10.0. The molecule has 0 aliphatic heterocycles. The number of thiazole rings is 1. The average Bonchev–Trinajstić information content (AvgIpc) is 2.98. The molecule has 0 spiro atoms. The van der Waals surface area contributed by atoms with Gasteiger partial charge in [0.1, 0.15) is 6.04 Å². The van der Waals surface area contributed by atoms with Crippen LogP contribution in [0.4, 0.5) is 0 Å². The Balaban J connectivity index is 1.50. The van der Waals surface area contributed by atoms with Crippen molar-refractivity contribution in [3.8, 4) is 0 Å². The molecular weight excluding hydrogens is 306 g/mol. The number of primary amides is 1. The second-order valence-corrected chi connectivity index (χ2v) is 7.16. The third-order valence-electron chi connectivity index (χ3n) is 4.22. The first kappa shape index (κ1) is 16.1. The maximum atomic E-state index is 11.6. The van der Waals surface area contributed by atoms with Crippen molar-refractivity contribution < 1.29 is 4.79 Å². The second-order valence-electron chi connectivity index (χ2n) is 5.99. The van der Waals surface area contributed by atoms with Crippen molar-refractivity contribution in [3.05, 3.63) is 51.5 Å². The number of carbonyl (C=O) groups excluding carboxylic acids is 1. The van der Waals surface area contributed by atoms with E-state index in [4.69, 9.17) is 10.7 Å². The molecule has 1 amide bonds. The van der Waals surface area contributed by atoms with Crippen LogP contribution in [0.1, 0.15) is 46.4 Å². The van der Waals surface area contributed by atoms with Gasteiger partial charge in [-0.3, -0.25) is 4.79 Å². The standard InChI is InChI=1S/C18H23N3OS/c19-18(22)17(13-7-2-1-3-8-13)20-12-6-11-16-21-14-9-4-5-10-15(14)23-16/h1-3,7-8,17,20H,4-6,9-12H2,(H2,19,22)/t17-/m1/s1. The van der Waals surface area contributed by atoms with Gasteiger partial charge in [0.25, 0.3) is 0 Å². The predicted octanol–water partition coefficient (Wildman–Crippen LogP) is 2.77. The van der Waals surface area contributed by atoms with Gasteiger partial charge in [-0.1, -0.05) is 30.3 Å². The molecule has 5 heteroatoms. The van der Waals surface area contributed by atoms with E-state index < -0.39 is 6.04 Å². The molecule has 1 heterocycles. The Morgan fingerprint density at radius 3 is 2.78 bits per heavy atom. The van der Waals surface area contributed by atoms with Gasteiger partial charge >= 0.3 is 0 Å². The molecule has 0 unspecified atom stereocenters. The predicted molar refractivity (Wildman–Crippen MR) is 93.5 cm³/mol. The van der Waals surface area contributed by atoms with Crippen LogP contribution in [0.2, 0.25) is 0 Å². The molecule has 122 valence electrons. The van der Waals surface area contributed by atoms with Crippen LogP contribution in [0.3, 0.4) is 0 Å². The first-order chi connectivity index (χ1) is 11.2. The van der Waals surface area contributed by atoms with Gasteiger partial charge in [-0.15, -0.1) is 11.3 Å². The van der Waals surface area contributed by atoms with E-state index in [0.29, 0.717) is 0 Å². The highest BCUT2D eigenvalue weighted by molar-refractivity contribution is 7.11. The Kier molecular flexibility index (Phi) is 5.41. The number of benzene rings is 1. The first-order valence-corrected chi connectivity index (χ1v) is 9.11. The Labute approximate surface area is 141 Å². The van der Waals surface area contributed by atoms with E-state index in [9.17, 15) is 4.79 Å². The smallest absolute Gasteiger partial charge is 0.239 e. The summed E-state index contributed by atoms with van der Waals surface area (Å²) in [4.78, 5) is 17.9. The highest BCUT2D eigenvalue weighted by atomic mass is 32.1. The fraction of sp³-hybridized carbons (Fsp3) is 0.444. The summed E-state index contributed by atoms with van der Waals surface area (Å²) in [6, 6.07) is 9.22.